The maximum Gasteiger partial charge on any atom is 0.253 e. The number of carbonyl (C=O) groups is 2. The molecule has 8 heteroatoms. The molecule has 6 nitrogen and oxygen atoms in total. The molecule has 0 spiro atoms. The number of fused-ring (bicyclic) bond motifs is 1. The van der Waals surface area contributed by atoms with Gasteiger partial charge in [0.15, 0.2) is 0 Å². The quantitative estimate of drug-likeness (QED) is 0.814. The average molecular weight is 389 g/mol. The Balaban J connectivity index is 0.00000156. The van der Waals surface area contributed by atoms with Crippen molar-refractivity contribution in [3.05, 3.63) is 23.8 Å². The summed E-state index contributed by atoms with van der Waals surface area (Å²) in [5.41, 5.74) is 2.33. The zero-order chi connectivity index (χ0) is 16.4. The van der Waals surface area contributed by atoms with E-state index in [4.69, 9.17) is 0 Å². The predicted octanol–water partition coefficient (Wildman–Crippen LogP) is 2.13. The molecular formula is C17H26Cl2N4O2. The number of anilines is 2. The molecule has 2 heterocycles. The topological polar surface area (TPSA) is 64.7 Å². The molecule has 0 bridgehead atoms. The minimum Gasteiger partial charge on any atom is -0.372 e. The van der Waals surface area contributed by atoms with E-state index >= 15 is 0 Å². The summed E-state index contributed by atoms with van der Waals surface area (Å²) >= 11 is 0. The van der Waals surface area contributed by atoms with E-state index < -0.39 is 0 Å². The smallest absolute Gasteiger partial charge is 0.253 e. The van der Waals surface area contributed by atoms with Crippen molar-refractivity contribution in [3.63, 3.8) is 0 Å². The van der Waals surface area contributed by atoms with Gasteiger partial charge in [0, 0.05) is 44.7 Å². The van der Waals surface area contributed by atoms with Gasteiger partial charge in [0.05, 0.1) is 11.4 Å². The van der Waals surface area contributed by atoms with Crippen molar-refractivity contribution in [1.29, 1.82) is 0 Å². The molecular weight excluding hydrogens is 363 g/mol. The first kappa shape index (κ1) is 21.5. The minimum absolute atomic E-state index is 0. The van der Waals surface area contributed by atoms with Crippen LogP contribution in [0.25, 0.3) is 0 Å². The van der Waals surface area contributed by atoms with Gasteiger partial charge in [0.2, 0.25) is 5.91 Å². The highest BCUT2D eigenvalue weighted by Crippen LogP contribution is 2.29. The molecule has 1 aromatic carbocycles. The molecule has 2 aliphatic rings. The third-order valence-electron chi connectivity index (χ3n) is 4.79. The molecule has 0 aliphatic carbocycles. The van der Waals surface area contributed by atoms with Crippen molar-refractivity contribution in [1.82, 2.24) is 10.2 Å². The molecule has 2 aliphatic heterocycles. The number of hydrogen-bond acceptors (Lipinski definition) is 4. The van der Waals surface area contributed by atoms with Crippen LogP contribution in [0.4, 0.5) is 11.4 Å². The van der Waals surface area contributed by atoms with E-state index in [0.29, 0.717) is 24.6 Å². The Hall–Kier alpha value is -1.50. The van der Waals surface area contributed by atoms with Crippen LogP contribution in [-0.2, 0) is 4.79 Å². The van der Waals surface area contributed by atoms with Crippen molar-refractivity contribution < 1.29 is 9.59 Å². The third kappa shape index (κ3) is 4.77. The van der Waals surface area contributed by atoms with E-state index in [2.05, 4.69) is 10.6 Å². The van der Waals surface area contributed by atoms with Crippen LogP contribution < -0.4 is 15.5 Å². The van der Waals surface area contributed by atoms with Gasteiger partial charge < -0.3 is 20.4 Å². The molecule has 1 aromatic rings. The van der Waals surface area contributed by atoms with E-state index in [1.165, 1.54) is 0 Å². The maximum atomic E-state index is 12.7. The molecule has 0 saturated carbocycles. The van der Waals surface area contributed by atoms with E-state index in [1.807, 2.05) is 42.1 Å². The SMILES string of the molecule is CNC1CCN(C(=O)c2ccc3c(c2)NC(=O)CCN3C)CC1.Cl.Cl. The molecule has 1 saturated heterocycles. The first-order valence-electron chi connectivity index (χ1n) is 8.20. The Kier molecular flexibility index (Phi) is 7.99. The highest BCUT2D eigenvalue weighted by atomic mass is 35.5. The highest BCUT2D eigenvalue weighted by molar-refractivity contribution is 6.00. The molecule has 0 unspecified atom stereocenters. The highest BCUT2D eigenvalue weighted by Gasteiger charge is 2.24. The van der Waals surface area contributed by atoms with Gasteiger partial charge in [0.1, 0.15) is 0 Å². The van der Waals surface area contributed by atoms with E-state index in [1.54, 1.807) is 0 Å². The molecule has 0 atom stereocenters. The van der Waals surface area contributed by atoms with Crippen LogP contribution in [0.1, 0.15) is 29.6 Å². The van der Waals surface area contributed by atoms with Gasteiger partial charge in [-0.25, -0.2) is 0 Å². The largest absolute Gasteiger partial charge is 0.372 e. The van der Waals surface area contributed by atoms with Crippen LogP contribution in [0.5, 0.6) is 0 Å². The van der Waals surface area contributed by atoms with Crippen molar-refractivity contribution in [2.24, 2.45) is 0 Å². The van der Waals surface area contributed by atoms with Gasteiger partial charge in [-0.15, -0.1) is 24.8 Å². The molecule has 2 amide bonds. The van der Waals surface area contributed by atoms with Gasteiger partial charge >= 0.3 is 0 Å². The Morgan fingerprint density at radius 1 is 1.20 bits per heavy atom. The zero-order valence-electron chi connectivity index (χ0n) is 14.6. The van der Waals surface area contributed by atoms with Gasteiger partial charge in [0.25, 0.3) is 5.91 Å². The summed E-state index contributed by atoms with van der Waals surface area (Å²) in [5.74, 6) is 0.0403. The summed E-state index contributed by atoms with van der Waals surface area (Å²) in [6, 6.07) is 6.09. The summed E-state index contributed by atoms with van der Waals surface area (Å²) in [6.45, 7) is 2.23. The van der Waals surface area contributed by atoms with Crippen molar-refractivity contribution in [3.8, 4) is 0 Å². The monoisotopic (exact) mass is 388 g/mol. The van der Waals surface area contributed by atoms with Gasteiger partial charge in [-0.05, 0) is 38.1 Å². The molecule has 0 radical (unpaired) electrons. The summed E-state index contributed by atoms with van der Waals surface area (Å²) < 4.78 is 0. The lowest BCUT2D eigenvalue weighted by molar-refractivity contribution is -0.115. The standard InChI is InChI=1S/C17H24N4O2.2ClH/c1-18-13-5-9-21(10-6-13)17(23)12-3-4-15-14(11-12)19-16(22)7-8-20(15)2;;/h3-4,11,13,18H,5-10H2,1-2H3,(H,19,22);2*1H. The second-order valence-electron chi connectivity index (χ2n) is 6.31. The van der Waals surface area contributed by atoms with Crippen LogP contribution >= 0.6 is 24.8 Å². The van der Waals surface area contributed by atoms with Crippen LogP contribution in [0.3, 0.4) is 0 Å². The van der Waals surface area contributed by atoms with Gasteiger partial charge in [-0.2, -0.15) is 0 Å². The number of nitrogens with one attached hydrogen (secondary N) is 2. The normalized spacial score (nSPS) is 17.6. The summed E-state index contributed by atoms with van der Waals surface area (Å²) in [6.07, 6.45) is 2.42. The van der Waals surface area contributed by atoms with Crippen LogP contribution in [-0.4, -0.2) is 56.5 Å². The van der Waals surface area contributed by atoms with Crippen molar-refractivity contribution in [2.45, 2.75) is 25.3 Å². The van der Waals surface area contributed by atoms with Crippen molar-refractivity contribution in [2.75, 3.05) is 43.9 Å². The minimum atomic E-state index is -0.00460. The number of carbonyl (C=O) groups excluding carboxylic acids is 2. The lowest BCUT2D eigenvalue weighted by Gasteiger charge is -2.32. The van der Waals surface area contributed by atoms with E-state index in [0.717, 1.165) is 37.3 Å². The lowest BCUT2D eigenvalue weighted by Crippen LogP contribution is -2.43. The Morgan fingerprint density at radius 2 is 1.88 bits per heavy atom. The van der Waals surface area contributed by atoms with Crippen molar-refractivity contribution >= 4 is 48.0 Å². The van der Waals surface area contributed by atoms with E-state index in [-0.39, 0.29) is 36.6 Å². The molecule has 2 N–H and O–H groups in total. The van der Waals surface area contributed by atoms with Gasteiger partial charge in [-0.1, -0.05) is 0 Å². The fourth-order valence-corrected chi connectivity index (χ4v) is 3.26. The summed E-state index contributed by atoms with van der Waals surface area (Å²) in [4.78, 5) is 28.5. The fourth-order valence-electron chi connectivity index (χ4n) is 3.26. The maximum absolute atomic E-state index is 12.7. The average Bonchev–Trinajstić information content (AvgIpc) is 2.72. The number of piperidine rings is 1. The molecule has 25 heavy (non-hydrogen) atoms. The summed E-state index contributed by atoms with van der Waals surface area (Å²) in [5, 5.41) is 6.18. The number of nitrogens with zero attached hydrogens (tertiary/aromatic N) is 2. The van der Waals surface area contributed by atoms with Gasteiger partial charge in [-0.3, -0.25) is 9.59 Å². The van der Waals surface area contributed by atoms with Crippen LogP contribution in [0.15, 0.2) is 18.2 Å². The predicted molar refractivity (Wildman–Crippen MR) is 105 cm³/mol. The Bertz CT molecular complexity index is 619. The Labute approximate surface area is 161 Å². The number of benzene rings is 1. The molecule has 1 fully saturated rings. The fraction of sp³-hybridized carbons (Fsp3) is 0.529. The number of halogens is 2. The first-order chi connectivity index (χ1) is 11.1. The third-order valence-corrected chi connectivity index (χ3v) is 4.79. The second kappa shape index (κ2) is 9.27. The number of likely N-dealkylation sites (tertiary alicyclic amines) is 1. The molecule has 3 rings (SSSR count). The number of hydrogen-bond donors (Lipinski definition) is 2. The lowest BCUT2D eigenvalue weighted by atomic mass is 10.0. The Morgan fingerprint density at radius 3 is 2.52 bits per heavy atom. The second-order valence-corrected chi connectivity index (χ2v) is 6.31. The summed E-state index contributed by atoms with van der Waals surface area (Å²) in [7, 11) is 3.93. The zero-order valence-corrected chi connectivity index (χ0v) is 16.2. The number of rotatable bonds is 2. The first-order valence-corrected chi connectivity index (χ1v) is 8.20. The molecule has 0 aromatic heterocycles. The molecule has 140 valence electrons. The number of amides is 2. The van der Waals surface area contributed by atoms with Crippen LogP contribution in [0, 0.1) is 0 Å². The van der Waals surface area contributed by atoms with Crippen LogP contribution in [0.2, 0.25) is 0 Å². The van der Waals surface area contributed by atoms with E-state index in [9.17, 15) is 9.59 Å².